The number of rotatable bonds is 5. The highest BCUT2D eigenvalue weighted by atomic mass is 16.2. The molecule has 1 aliphatic rings. The molecule has 6 nitrogen and oxygen atoms in total. The van der Waals surface area contributed by atoms with Crippen molar-refractivity contribution in [3.8, 4) is 0 Å². The number of fused-ring (bicyclic) bond motifs is 1. The van der Waals surface area contributed by atoms with Crippen molar-refractivity contribution in [1.29, 1.82) is 0 Å². The quantitative estimate of drug-likeness (QED) is 0.685. The third kappa shape index (κ3) is 3.37. The molecule has 1 aliphatic heterocycles. The lowest BCUT2D eigenvalue weighted by Crippen LogP contribution is -2.39. The van der Waals surface area contributed by atoms with Crippen molar-refractivity contribution < 1.29 is 9.59 Å². The van der Waals surface area contributed by atoms with Gasteiger partial charge in [-0.2, -0.15) is 0 Å². The summed E-state index contributed by atoms with van der Waals surface area (Å²) >= 11 is 0. The van der Waals surface area contributed by atoms with Gasteiger partial charge in [0, 0.05) is 17.9 Å². The van der Waals surface area contributed by atoms with E-state index in [0.29, 0.717) is 0 Å². The summed E-state index contributed by atoms with van der Waals surface area (Å²) in [6, 6.07) is 5.82. The van der Waals surface area contributed by atoms with E-state index in [1.54, 1.807) is 4.90 Å². The Morgan fingerprint density at radius 3 is 2.53 bits per heavy atom. The predicted molar refractivity (Wildman–Crippen MR) is 73.9 cm³/mol. The van der Waals surface area contributed by atoms with Crippen molar-refractivity contribution in [2.24, 2.45) is 11.5 Å². The third-order valence-corrected chi connectivity index (χ3v) is 3.09. The van der Waals surface area contributed by atoms with Crippen molar-refractivity contribution in [3.05, 3.63) is 23.8 Å². The van der Waals surface area contributed by atoms with Gasteiger partial charge in [0.25, 0.3) is 0 Å². The van der Waals surface area contributed by atoms with Crippen LogP contribution in [-0.4, -0.2) is 31.4 Å². The lowest BCUT2D eigenvalue weighted by Gasteiger charge is -2.25. The van der Waals surface area contributed by atoms with Gasteiger partial charge in [-0.3, -0.25) is 9.59 Å². The summed E-state index contributed by atoms with van der Waals surface area (Å²) < 4.78 is 0. The molecule has 6 heteroatoms. The molecule has 0 saturated carbocycles. The zero-order chi connectivity index (χ0) is 13.8. The highest BCUT2D eigenvalue weighted by molar-refractivity contribution is 5.85. The fourth-order valence-electron chi connectivity index (χ4n) is 2.26. The standard InChI is InChI=1S/C13H18N4O2/c14-12(18)7-17(8-13(15)19)10-4-3-9-2-1-5-16-11(9)6-10/h3-4,6,16H,1-2,5,7-8H2,(H2,14,18)(H2,15,19). The highest BCUT2D eigenvalue weighted by Crippen LogP contribution is 2.27. The zero-order valence-corrected chi connectivity index (χ0v) is 10.7. The van der Waals surface area contributed by atoms with Gasteiger partial charge in [0.1, 0.15) is 0 Å². The van der Waals surface area contributed by atoms with E-state index in [-0.39, 0.29) is 13.1 Å². The van der Waals surface area contributed by atoms with E-state index < -0.39 is 11.8 Å². The van der Waals surface area contributed by atoms with E-state index in [2.05, 4.69) is 5.32 Å². The molecular weight excluding hydrogens is 244 g/mol. The SMILES string of the molecule is NC(=O)CN(CC(N)=O)c1ccc2c(c1)NCCC2. The van der Waals surface area contributed by atoms with E-state index in [0.717, 1.165) is 30.8 Å². The Labute approximate surface area is 111 Å². The first-order chi connectivity index (χ1) is 9.06. The molecule has 5 N–H and O–H groups in total. The topological polar surface area (TPSA) is 101 Å². The molecule has 0 radical (unpaired) electrons. The van der Waals surface area contributed by atoms with Crippen LogP contribution in [0.1, 0.15) is 12.0 Å². The van der Waals surface area contributed by atoms with Crippen LogP contribution < -0.4 is 21.7 Å². The number of amides is 2. The van der Waals surface area contributed by atoms with Crippen LogP contribution in [0.25, 0.3) is 0 Å². The van der Waals surface area contributed by atoms with Crippen LogP contribution in [0.5, 0.6) is 0 Å². The number of aryl methyl sites for hydroxylation is 1. The molecule has 0 atom stereocenters. The van der Waals surface area contributed by atoms with E-state index in [9.17, 15) is 9.59 Å². The molecule has 0 aliphatic carbocycles. The summed E-state index contributed by atoms with van der Waals surface area (Å²) in [5, 5.41) is 3.31. The first-order valence-corrected chi connectivity index (χ1v) is 6.24. The molecule has 0 saturated heterocycles. The molecule has 0 unspecified atom stereocenters. The molecule has 0 fully saturated rings. The van der Waals surface area contributed by atoms with Crippen LogP contribution in [0.3, 0.4) is 0 Å². The number of benzene rings is 1. The molecule has 1 aromatic carbocycles. The van der Waals surface area contributed by atoms with Crippen molar-refractivity contribution in [3.63, 3.8) is 0 Å². The van der Waals surface area contributed by atoms with Gasteiger partial charge in [-0.25, -0.2) is 0 Å². The molecule has 2 amide bonds. The maximum Gasteiger partial charge on any atom is 0.236 e. The molecule has 1 heterocycles. The van der Waals surface area contributed by atoms with E-state index in [4.69, 9.17) is 11.5 Å². The van der Waals surface area contributed by atoms with Crippen LogP contribution in [0.15, 0.2) is 18.2 Å². The number of anilines is 2. The van der Waals surface area contributed by atoms with Crippen LogP contribution in [-0.2, 0) is 16.0 Å². The summed E-state index contributed by atoms with van der Waals surface area (Å²) in [6.45, 7) is 0.881. The number of primary amides is 2. The molecular formula is C13H18N4O2. The van der Waals surface area contributed by atoms with E-state index >= 15 is 0 Å². The zero-order valence-electron chi connectivity index (χ0n) is 10.7. The number of carbonyl (C=O) groups is 2. The molecule has 0 aromatic heterocycles. The van der Waals surface area contributed by atoms with E-state index in [1.807, 2.05) is 18.2 Å². The maximum absolute atomic E-state index is 11.1. The van der Waals surface area contributed by atoms with Gasteiger partial charge in [0.15, 0.2) is 0 Å². The van der Waals surface area contributed by atoms with Gasteiger partial charge in [0.05, 0.1) is 13.1 Å². The van der Waals surface area contributed by atoms with Gasteiger partial charge in [0.2, 0.25) is 11.8 Å². The smallest absolute Gasteiger partial charge is 0.236 e. The first kappa shape index (κ1) is 13.2. The maximum atomic E-state index is 11.1. The Kier molecular flexibility index (Phi) is 3.89. The third-order valence-electron chi connectivity index (χ3n) is 3.09. The average Bonchev–Trinajstić information content (AvgIpc) is 2.36. The molecule has 2 rings (SSSR count). The Balaban J connectivity index is 2.25. The van der Waals surface area contributed by atoms with Gasteiger partial charge in [-0.15, -0.1) is 0 Å². The second-order valence-electron chi connectivity index (χ2n) is 4.66. The fourth-order valence-corrected chi connectivity index (χ4v) is 2.26. The summed E-state index contributed by atoms with van der Waals surface area (Å²) in [6.07, 6.45) is 2.15. The van der Waals surface area contributed by atoms with Crippen LogP contribution in [0.4, 0.5) is 11.4 Å². The van der Waals surface area contributed by atoms with Crippen LogP contribution in [0, 0.1) is 0 Å². The van der Waals surface area contributed by atoms with Gasteiger partial charge in [-0.05, 0) is 30.5 Å². The molecule has 1 aromatic rings. The minimum absolute atomic E-state index is 0.0261. The molecule has 102 valence electrons. The van der Waals surface area contributed by atoms with Gasteiger partial charge >= 0.3 is 0 Å². The average molecular weight is 262 g/mol. The minimum atomic E-state index is -0.494. The van der Waals surface area contributed by atoms with Crippen LogP contribution in [0.2, 0.25) is 0 Å². The molecule has 0 bridgehead atoms. The minimum Gasteiger partial charge on any atom is -0.385 e. The predicted octanol–water partition coefficient (Wildman–Crippen LogP) is -0.178. The number of carbonyl (C=O) groups excluding carboxylic acids is 2. The summed E-state index contributed by atoms with van der Waals surface area (Å²) in [5.41, 5.74) is 13.4. The largest absolute Gasteiger partial charge is 0.385 e. The summed E-state index contributed by atoms with van der Waals surface area (Å²) in [5.74, 6) is -0.987. The lowest BCUT2D eigenvalue weighted by atomic mass is 10.0. The number of nitrogens with one attached hydrogen (secondary N) is 1. The number of nitrogens with zero attached hydrogens (tertiary/aromatic N) is 1. The van der Waals surface area contributed by atoms with Crippen molar-refractivity contribution in [2.45, 2.75) is 12.8 Å². The second kappa shape index (κ2) is 5.60. The van der Waals surface area contributed by atoms with Gasteiger partial charge in [-0.1, -0.05) is 6.07 Å². The Hall–Kier alpha value is -2.24. The number of hydrogen-bond donors (Lipinski definition) is 3. The Morgan fingerprint density at radius 1 is 1.21 bits per heavy atom. The van der Waals surface area contributed by atoms with Crippen molar-refractivity contribution in [1.82, 2.24) is 0 Å². The summed E-state index contributed by atoms with van der Waals surface area (Å²) in [7, 11) is 0. The second-order valence-corrected chi connectivity index (χ2v) is 4.66. The summed E-state index contributed by atoms with van der Waals surface area (Å²) in [4.78, 5) is 23.7. The lowest BCUT2D eigenvalue weighted by molar-refractivity contribution is -0.117. The van der Waals surface area contributed by atoms with Crippen molar-refractivity contribution in [2.75, 3.05) is 29.9 Å². The van der Waals surface area contributed by atoms with Crippen LogP contribution >= 0.6 is 0 Å². The molecule has 0 spiro atoms. The highest BCUT2D eigenvalue weighted by Gasteiger charge is 2.15. The van der Waals surface area contributed by atoms with Gasteiger partial charge < -0.3 is 21.7 Å². The number of hydrogen-bond acceptors (Lipinski definition) is 4. The molecule has 19 heavy (non-hydrogen) atoms. The van der Waals surface area contributed by atoms with E-state index in [1.165, 1.54) is 5.56 Å². The van der Waals surface area contributed by atoms with Crippen molar-refractivity contribution >= 4 is 23.2 Å². The Bertz CT molecular complexity index is 485. The normalized spacial score (nSPS) is 13.3. The monoisotopic (exact) mass is 262 g/mol. The number of nitrogens with two attached hydrogens (primary N) is 2. The Morgan fingerprint density at radius 2 is 1.89 bits per heavy atom. The fraction of sp³-hybridized carbons (Fsp3) is 0.385. The first-order valence-electron chi connectivity index (χ1n) is 6.24.